The van der Waals surface area contributed by atoms with Gasteiger partial charge in [-0.3, -0.25) is 4.79 Å². The van der Waals surface area contributed by atoms with Crippen LogP contribution in [0.4, 0.5) is 8.78 Å². The minimum Gasteiger partial charge on any atom is -0.298 e. The molecule has 1 fully saturated rings. The fourth-order valence-corrected chi connectivity index (χ4v) is 3.82. The maximum Gasteiger partial charge on any atom is 0.191 e. The second-order valence-electron chi connectivity index (χ2n) is 3.97. The van der Waals surface area contributed by atoms with Gasteiger partial charge in [0.25, 0.3) is 0 Å². The van der Waals surface area contributed by atoms with Crippen LogP contribution >= 0.6 is 0 Å². The summed E-state index contributed by atoms with van der Waals surface area (Å²) in [4.78, 5) is 10.7. The number of carbonyl (C=O) groups excluding carboxylic acids is 1. The molecule has 6 heteroatoms. The number of hydrogen-bond acceptors (Lipinski definition) is 3. The number of benzene rings is 1. The smallest absolute Gasteiger partial charge is 0.191 e. The Labute approximate surface area is 97.4 Å². The number of halogens is 2. The zero-order valence-corrected chi connectivity index (χ0v) is 9.64. The minimum absolute atomic E-state index is 0.178. The molecule has 92 valence electrons. The van der Waals surface area contributed by atoms with Crippen molar-refractivity contribution in [1.29, 1.82) is 0 Å². The van der Waals surface area contributed by atoms with Crippen molar-refractivity contribution in [3.05, 3.63) is 29.8 Å². The van der Waals surface area contributed by atoms with Crippen LogP contribution in [0.15, 0.2) is 23.1 Å². The second kappa shape index (κ2) is 4.18. The predicted molar refractivity (Wildman–Crippen MR) is 56.2 cm³/mol. The maximum absolute atomic E-state index is 13.4. The first-order valence-electron chi connectivity index (χ1n) is 5.14. The van der Waals surface area contributed by atoms with Gasteiger partial charge in [-0.05, 0) is 31.0 Å². The third-order valence-corrected chi connectivity index (χ3v) is 5.00. The van der Waals surface area contributed by atoms with Gasteiger partial charge in [0.05, 0.1) is 0 Å². The van der Waals surface area contributed by atoms with Crippen LogP contribution in [0, 0.1) is 11.6 Å². The number of sulfone groups is 1. The molecule has 1 unspecified atom stereocenters. The first-order chi connectivity index (χ1) is 7.93. The second-order valence-corrected chi connectivity index (χ2v) is 6.07. The van der Waals surface area contributed by atoms with Gasteiger partial charge in [0.2, 0.25) is 0 Å². The van der Waals surface area contributed by atoms with Crippen LogP contribution in [0.1, 0.15) is 19.3 Å². The van der Waals surface area contributed by atoms with E-state index in [9.17, 15) is 22.0 Å². The largest absolute Gasteiger partial charge is 0.298 e. The van der Waals surface area contributed by atoms with Crippen molar-refractivity contribution in [2.45, 2.75) is 29.4 Å². The lowest BCUT2D eigenvalue weighted by atomic mass is 10.3. The van der Waals surface area contributed by atoms with Crippen molar-refractivity contribution in [2.24, 2.45) is 0 Å². The Bertz CT molecular complexity index is 566. The molecule has 1 aromatic carbocycles. The zero-order valence-electron chi connectivity index (χ0n) is 8.82. The average molecular weight is 260 g/mol. The average Bonchev–Trinajstić information content (AvgIpc) is 2.68. The lowest BCUT2D eigenvalue weighted by Gasteiger charge is -2.10. The summed E-state index contributed by atoms with van der Waals surface area (Å²) in [6, 6.07) is 2.21. The van der Waals surface area contributed by atoms with E-state index in [0.29, 0.717) is 12.5 Å². The van der Waals surface area contributed by atoms with Crippen LogP contribution in [-0.4, -0.2) is 19.5 Å². The Hall–Kier alpha value is -1.30. The van der Waals surface area contributed by atoms with Gasteiger partial charge >= 0.3 is 0 Å². The summed E-state index contributed by atoms with van der Waals surface area (Å²) in [6.45, 7) is 0. The van der Waals surface area contributed by atoms with Gasteiger partial charge in [-0.15, -0.1) is 0 Å². The van der Waals surface area contributed by atoms with Gasteiger partial charge in [0.1, 0.15) is 21.8 Å². The van der Waals surface area contributed by atoms with Crippen molar-refractivity contribution < 1.29 is 22.0 Å². The maximum atomic E-state index is 13.4. The highest BCUT2D eigenvalue weighted by Crippen LogP contribution is 2.28. The van der Waals surface area contributed by atoms with Crippen LogP contribution in [0.3, 0.4) is 0 Å². The molecule has 1 atom stereocenters. The highest BCUT2D eigenvalue weighted by Gasteiger charge is 2.38. The van der Waals surface area contributed by atoms with E-state index in [1.165, 1.54) is 0 Å². The van der Waals surface area contributed by atoms with E-state index in [-0.39, 0.29) is 12.8 Å². The molecule has 1 saturated carbocycles. The van der Waals surface area contributed by atoms with E-state index in [1.807, 2.05) is 0 Å². The van der Waals surface area contributed by atoms with Crippen molar-refractivity contribution in [2.75, 3.05) is 0 Å². The Morgan fingerprint density at radius 1 is 1.24 bits per heavy atom. The fraction of sp³-hybridized carbons (Fsp3) is 0.364. The molecule has 0 aromatic heterocycles. The highest BCUT2D eigenvalue weighted by atomic mass is 32.2. The van der Waals surface area contributed by atoms with Crippen molar-refractivity contribution in [1.82, 2.24) is 0 Å². The lowest BCUT2D eigenvalue weighted by molar-refractivity contribution is -0.117. The number of rotatable bonds is 2. The van der Waals surface area contributed by atoms with Crippen LogP contribution in [0.5, 0.6) is 0 Å². The molecule has 0 spiro atoms. The topological polar surface area (TPSA) is 51.2 Å². The third-order valence-electron chi connectivity index (χ3n) is 2.82. The van der Waals surface area contributed by atoms with Gasteiger partial charge in [0, 0.05) is 6.42 Å². The summed E-state index contributed by atoms with van der Waals surface area (Å²) in [6.07, 6.45) is 0.831. The molecule has 0 N–H and O–H groups in total. The van der Waals surface area contributed by atoms with E-state index in [4.69, 9.17) is 0 Å². The van der Waals surface area contributed by atoms with E-state index in [1.54, 1.807) is 0 Å². The minimum atomic E-state index is -4.11. The quantitative estimate of drug-likeness (QED) is 0.815. The number of hydrogen-bond donors (Lipinski definition) is 0. The zero-order chi connectivity index (χ0) is 12.6. The van der Waals surface area contributed by atoms with E-state index in [0.717, 1.165) is 12.1 Å². The summed E-state index contributed by atoms with van der Waals surface area (Å²) in [7, 11) is -4.11. The summed E-state index contributed by atoms with van der Waals surface area (Å²) in [5.74, 6) is -2.28. The molecule has 17 heavy (non-hydrogen) atoms. The van der Waals surface area contributed by atoms with Crippen LogP contribution < -0.4 is 0 Å². The molecule has 0 heterocycles. The fourth-order valence-electron chi connectivity index (χ4n) is 1.96. The van der Waals surface area contributed by atoms with Crippen molar-refractivity contribution in [3.63, 3.8) is 0 Å². The molecule has 0 amide bonds. The third kappa shape index (κ3) is 2.09. The molecule has 1 aliphatic carbocycles. The normalized spacial score (nSPS) is 20.8. The predicted octanol–water partition coefficient (Wildman–Crippen LogP) is 1.86. The molecule has 3 nitrogen and oxygen atoms in total. The van der Waals surface area contributed by atoms with Crippen LogP contribution in [0.2, 0.25) is 0 Å². The summed E-state index contributed by atoms with van der Waals surface area (Å²) < 4.78 is 50.3. The summed E-state index contributed by atoms with van der Waals surface area (Å²) in [5.41, 5.74) is 0. The standard InChI is InChI=1S/C11H10F2O3S/c12-7-4-5-8(13)11(6-7)17(15,16)10-3-1-2-9(10)14/h4-6,10H,1-3H2. The molecule has 0 bridgehead atoms. The number of Topliss-reactive ketones (excluding diaryl/α,β-unsaturated/α-hetero) is 1. The highest BCUT2D eigenvalue weighted by molar-refractivity contribution is 7.92. The Morgan fingerprint density at radius 2 is 1.94 bits per heavy atom. The number of ketones is 1. The Morgan fingerprint density at radius 3 is 2.53 bits per heavy atom. The van der Waals surface area contributed by atoms with Crippen molar-refractivity contribution >= 4 is 15.6 Å². The molecule has 1 aromatic rings. The molecule has 0 radical (unpaired) electrons. The van der Waals surface area contributed by atoms with Gasteiger partial charge in [-0.25, -0.2) is 17.2 Å². The Balaban J connectivity index is 2.51. The molecular weight excluding hydrogens is 250 g/mol. The van der Waals surface area contributed by atoms with E-state index < -0.39 is 37.4 Å². The summed E-state index contributed by atoms with van der Waals surface area (Å²) >= 11 is 0. The van der Waals surface area contributed by atoms with Gasteiger partial charge < -0.3 is 0 Å². The van der Waals surface area contributed by atoms with E-state index >= 15 is 0 Å². The van der Waals surface area contributed by atoms with Gasteiger partial charge in [-0.2, -0.15) is 0 Å². The lowest BCUT2D eigenvalue weighted by Crippen LogP contribution is -2.26. The Kier molecular flexibility index (Phi) is 2.99. The van der Waals surface area contributed by atoms with Crippen LogP contribution in [0.25, 0.3) is 0 Å². The van der Waals surface area contributed by atoms with Crippen molar-refractivity contribution in [3.8, 4) is 0 Å². The van der Waals surface area contributed by atoms with Gasteiger partial charge in [-0.1, -0.05) is 0 Å². The number of carbonyl (C=O) groups is 1. The first-order valence-corrected chi connectivity index (χ1v) is 6.69. The molecular formula is C11H10F2O3S. The van der Waals surface area contributed by atoms with Gasteiger partial charge in [0.15, 0.2) is 15.6 Å². The summed E-state index contributed by atoms with van der Waals surface area (Å²) in [5, 5.41) is -1.22. The first kappa shape index (κ1) is 12.2. The molecule has 1 aliphatic rings. The molecule has 2 rings (SSSR count). The SMILES string of the molecule is O=C1CCCC1S(=O)(=O)c1cc(F)ccc1F. The monoisotopic (exact) mass is 260 g/mol. The van der Waals surface area contributed by atoms with E-state index in [2.05, 4.69) is 0 Å². The molecule has 0 saturated heterocycles. The molecule has 0 aliphatic heterocycles. The van der Waals surface area contributed by atoms with Crippen LogP contribution in [-0.2, 0) is 14.6 Å².